The fourth-order valence-corrected chi connectivity index (χ4v) is 5.18. The molecule has 0 rings (SSSR count). The van der Waals surface area contributed by atoms with Crippen LogP contribution in [0.15, 0.2) is 170 Å². The van der Waals surface area contributed by atoms with Gasteiger partial charge in [0.05, 0.1) is 6.61 Å². The average Bonchev–Trinajstić information content (AvgIpc) is 3.25. The zero-order chi connectivity index (χ0) is 43.5. The lowest BCUT2D eigenvalue weighted by molar-refractivity contribution is -0.161. The second kappa shape index (κ2) is 48.6. The van der Waals surface area contributed by atoms with Gasteiger partial charge in [0.1, 0.15) is 6.61 Å². The van der Waals surface area contributed by atoms with E-state index in [0.29, 0.717) is 12.8 Å². The van der Waals surface area contributed by atoms with Gasteiger partial charge in [-0.15, -0.1) is 0 Å². The van der Waals surface area contributed by atoms with Crippen molar-refractivity contribution in [3.05, 3.63) is 170 Å². The number of esters is 2. The van der Waals surface area contributed by atoms with Gasteiger partial charge in [-0.2, -0.15) is 0 Å². The van der Waals surface area contributed by atoms with Gasteiger partial charge in [-0.1, -0.05) is 184 Å². The zero-order valence-electron chi connectivity index (χ0n) is 37.4. The third kappa shape index (κ3) is 46.0. The maximum Gasteiger partial charge on any atom is 0.306 e. The molecule has 0 amide bonds. The summed E-state index contributed by atoms with van der Waals surface area (Å²) in [7, 11) is 0. The third-order valence-corrected chi connectivity index (χ3v) is 8.51. The van der Waals surface area contributed by atoms with E-state index in [4.69, 9.17) is 9.47 Å². The summed E-state index contributed by atoms with van der Waals surface area (Å²) < 4.78 is 10.5. The normalized spacial score (nSPS) is 13.8. The summed E-state index contributed by atoms with van der Waals surface area (Å²) in [5, 5.41) is 9.59. The summed E-state index contributed by atoms with van der Waals surface area (Å²) in [6.45, 7) is 3.78. The van der Waals surface area contributed by atoms with Crippen molar-refractivity contribution in [1.82, 2.24) is 0 Å². The second-order valence-electron chi connectivity index (χ2n) is 14.0. The molecule has 330 valence electrons. The van der Waals surface area contributed by atoms with Crippen LogP contribution in [-0.2, 0) is 19.1 Å². The van der Waals surface area contributed by atoms with Gasteiger partial charge < -0.3 is 14.6 Å². The number of ether oxygens (including phenoxy) is 2. The molecule has 0 heterocycles. The zero-order valence-corrected chi connectivity index (χ0v) is 37.4. The Morgan fingerprint density at radius 1 is 0.383 bits per heavy atom. The van der Waals surface area contributed by atoms with E-state index in [1.807, 2.05) is 0 Å². The molecule has 5 heteroatoms. The van der Waals surface area contributed by atoms with Crippen molar-refractivity contribution < 1.29 is 24.2 Å². The highest BCUT2D eigenvalue weighted by atomic mass is 16.6. The van der Waals surface area contributed by atoms with Gasteiger partial charge in [0.25, 0.3) is 0 Å². The van der Waals surface area contributed by atoms with Gasteiger partial charge in [-0.3, -0.25) is 9.59 Å². The quantitative estimate of drug-likeness (QED) is 0.0382. The van der Waals surface area contributed by atoms with Crippen LogP contribution in [0.1, 0.15) is 142 Å². The van der Waals surface area contributed by atoms with Crippen LogP contribution < -0.4 is 0 Å². The third-order valence-electron chi connectivity index (χ3n) is 8.51. The van der Waals surface area contributed by atoms with Gasteiger partial charge >= 0.3 is 11.9 Å². The Bertz CT molecular complexity index is 1440. The van der Waals surface area contributed by atoms with Gasteiger partial charge in [-0.05, 0) is 116 Å². The lowest BCUT2D eigenvalue weighted by Gasteiger charge is -2.15. The van der Waals surface area contributed by atoms with Crippen LogP contribution in [0.25, 0.3) is 0 Å². The van der Waals surface area contributed by atoms with Crippen LogP contribution in [0.3, 0.4) is 0 Å². The highest BCUT2D eigenvalue weighted by Crippen LogP contribution is 2.06. The minimum atomic E-state index is -0.841. The van der Waals surface area contributed by atoms with Crippen molar-refractivity contribution >= 4 is 11.9 Å². The topological polar surface area (TPSA) is 72.8 Å². The van der Waals surface area contributed by atoms with Crippen LogP contribution in [0, 0.1) is 0 Å². The monoisotopic (exact) mass is 821 g/mol. The van der Waals surface area contributed by atoms with Crippen LogP contribution in [0.4, 0.5) is 0 Å². The van der Waals surface area contributed by atoms with E-state index in [9.17, 15) is 14.7 Å². The fraction of sp³-hybridized carbons (Fsp3) is 0.455. The summed E-state index contributed by atoms with van der Waals surface area (Å²) in [6, 6.07) is 0. The Morgan fingerprint density at radius 2 is 0.633 bits per heavy atom. The number of rotatable bonds is 38. The van der Waals surface area contributed by atoms with Crippen molar-refractivity contribution in [1.29, 1.82) is 0 Å². The molecule has 0 aliphatic heterocycles. The smallest absolute Gasteiger partial charge is 0.306 e. The van der Waals surface area contributed by atoms with Crippen LogP contribution >= 0.6 is 0 Å². The molecule has 0 saturated carbocycles. The number of hydrogen-bond donors (Lipinski definition) is 1. The van der Waals surface area contributed by atoms with Gasteiger partial charge in [0.2, 0.25) is 0 Å². The molecule has 0 aliphatic carbocycles. The molecule has 1 atom stereocenters. The number of allylic oxidation sites excluding steroid dienone is 28. The number of aliphatic hydroxyl groups excluding tert-OH is 1. The molecule has 0 aromatic carbocycles. The predicted molar refractivity (Wildman–Crippen MR) is 260 cm³/mol. The lowest BCUT2D eigenvalue weighted by Crippen LogP contribution is -2.28. The molecule has 0 fully saturated rings. The Morgan fingerprint density at radius 3 is 0.900 bits per heavy atom. The molecular formula is C55H80O5. The van der Waals surface area contributed by atoms with E-state index in [1.165, 1.54) is 0 Å². The van der Waals surface area contributed by atoms with Gasteiger partial charge in [0, 0.05) is 12.8 Å². The Labute approximate surface area is 366 Å². The molecule has 0 aromatic heterocycles. The van der Waals surface area contributed by atoms with E-state index in [2.05, 4.69) is 184 Å². The summed E-state index contributed by atoms with van der Waals surface area (Å²) in [6.07, 6.45) is 77.2. The maximum atomic E-state index is 12.2. The molecular weight excluding hydrogens is 741 g/mol. The number of carbonyl (C=O) groups is 2. The van der Waals surface area contributed by atoms with Crippen LogP contribution in [-0.4, -0.2) is 36.4 Å². The van der Waals surface area contributed by atoms with Crippen LogP contribution in [0.2, 0.25) is 0 Å². The van der Waals surface area contributed by atoms with Crippen molar-refractivity contribution in [2.45, 2.75) is 148 Å². The molecule has 1 N–H and O–H groups in total. The molecule has 0 aromatic rings. The maximum absolute atomic E-state index is 12.2. The van der Waals surface area contributed by atoms with Crippen molar-refractivity contribution in [3.63, 3.8) is 0 Å². The van der Waals surface area contributed by atoms with E-state index < -0.39 is 12.1 Å². The fourth-order valence-electron chi connectivity index (χ4n) is 5.18. The first kappa shape index (κ1) is 55.3. The molecule has 0 saturated heterocycles. The Kier molecular flexibility index (Phi) is 44.8. The highest BCUT2D eigenvalue weighted by molar-refractivity contribution is 5.70. The molecule has 0 bridgehead atoms. The second-order valence-corrected chi connectivity index (χ2v) is 14.0. The molecule has 60 heavy (non-hydrogen) atoms. The summed E-state index contributed by atoms with van der Waals surface area (Å²) in [5.41, 5.74) is 0. The number of hydrogen-bond acceptors (Lipinski definition) is 5. The molecule has 0 aliphatic rings. The number of unbranched alkanes of at least 4 members (excludes halogenated alkanes) is 2. The Balaban J connectivity index is 3.83. The molecule has 5 nitrogen and oxygen atoms in total. The summed E-state index contributed by atoms with van der Waals surface area (Å²) in [4.78, 5) is 24.3. The minimum absolute atomic E-state index is 0.133. The van der Waals surface area contributed by atoms with Crippen molar-refractivity contribution in [2.24, 2.45) is 0 Å². The number of carbonyl (C=O) groups excluding carboxylic acids is 2. The first-order chi connectivity index (χ1) is 29.6. The van der Waals surface area contributed by atoms with E-state index in [0.717, 1.165) is 103 Å². The van der Waals surface area contributed by atoms with Gasteiger partial charge in [0.15, 0.2) is 6.10 Å². The summed E-state index contributed by atoms with van der Waals surface area (Å²) in [5.74, 6) is -0.751. The first-order valence-corrected chi connectivity index (χ1v) is 22.7. The van der Waals surface area contributed by atoms with Crippen molar-refractivity contribution in [3.8, 4) is 0 Å². The van der Waals surface area contributed by atoms with Crippen LogP contribution in [0.5, 0.6) is 0 Å². The summed E-state index contributed by atoms with van der Waals surface area (Å²) >= 11 is 0. The largest absolute Gasteiger partial charge is 0.462 e. The van der Waals surface area contributed by atoms with Gasteiger partial charge in [-0.25, -0.2) is 0 Å². The standard InChI is InChI=1S/C55H80O5/c1-3-5-7-9-11-13-15-17-19-21-23-25-27-29-31-33-35-37-39-41-43-45-47-49-54(57)59-52-53(51-56)60-55(58)50-48-46-44-42-40-38-36-34-32-30-28-26-24-22-20-18-16-14-12-10-8-6-4-2/h5-8,11-14,17-20,23-26,29-32,35-38,41-44,53,56H,3-4,9-10,15-16,21-22,27-28,33-34,39-40,45-52H2,1-2H3/b7-5-,8-6-,13-11-,14-12-,19-17-,20-18-,25-23-,26-24-,31-29-,32-30-,37-35-,38-36-,43-41-,44-42-. The molecule has 0 radical (unpaired) electrons. The molecule has 0 spiro atoms. The molecule has 1 unspecified atom stereocenters. The highest BCUT2D eigenvalue weighted by Gasteiger charge is 2.15. The Hall–Kier alpha value is -4.74. The average molecular weight is 821 g/mol. The number of aliphatic hydroxyl groups is 1. The predicted octanol–water partition coefficient (Wildman–Crippen LogP) is 15.1. The first-order valence-electron chi connectivity index (χ1n) is 22.7. The van der Waals surface area contributed by atoms with Crippen molar-refractivity contribution in [2.75, 3.05) is 13.2 Å². The SMILES string of the molecule is CC/C=C\C/C=C\C/C=C\C/C=C\C/C=C\C/C=C\C/C=C\CCCC(=O)OCC(CO)OC(=O)CCC/C=C\C/C=C\C/C=C\C/C=C\C/C=C\C/C=C\C/C=C\CC. The minimum Gasteiger partial charge on any atom is -0.462 e. The van der Waals surface area contributed by atoms with E-state index in [1.54, 1.807) is 0 Å². The van der Waals surface area contributed by atoms with E-state index in [-0.39, 0.29) is 32.0 Å². The van der Waals surface area contributed by atoms with E-state index >= 15 is 0 Å². The lowest BCUT2D eigenvalue weighted by atomic mass is 10.2.